The molecular weight excluding hydrogens is 465 g/mol. The largest absolute Gasteiger partial charge is 0.379 e. The van der Waals surface area contributed by atoms with E-state index >= 15 is 0 Å². The molecule has 0 bridgehead atoms. The molecule has 9 heteroatoms. The summed E-state index contributed by atoms with van der Waals surface area (Å²) in [6.45, 7) is 10.6. The highest BCUT2D eigenvalue weighted by atomic mass is 127. The van der Waals surface area contributed by atoms with Gasteiger partial charge in [0, 0.05) is 43.5 Å². The summed E-state index contributed by atoms with van der Waals surface area (Å²) in [6.07, 6.45) is 1.17. The number of morpholine rings is 1. The minimum Gasteiger partial charge on any atom is -0.379 e. The molecule has 0 saturated carbocycles. The number of guanidine groups is 1. The molecule has 0 radical (unpaired) electrons. The molecule has 3 N–H and O–H groups in total. The van der Waals surface area contributed by atoms with Gasteiger partial charge in [0.1, 0.15) is 0 Å². The second-order valence-corrected chi connectivity index (χ2v) is 8.81. The third-order valence-electron chi connectivity index (χ3n) is 4.50. The van der Waals surface area contributed by atoms with Crippen LogP contribution in [0.4, 0.5) is 0 Å². The van der Waals surface area contributed by atoms with E-state index in [0.29, 0.717) is 5.96 Å². The van der Waals surface area contributed by atoms with E-state index in [4.69, 9.17) is 4.74 Å². The van der Waals surface area contributed by atoms with E-state index in [9.17, 15) is 4.79 Å². The van der Waals surface area contributed by atoms with Crippen molar-refractivity contribution in [2.45, 2.75) is 38.3 Å². The number of carbonyl (C=O) groups excluding carboxylic acids is 1. The molecule has 2 heterocycles. The number of ether oxygens (including phenoxy) is 1. The Morgan fingerprint density at radius 1 is 1.27 bits per heavy atom. The molecule has 2 rings (SSSR count). The van der Waals surface area contributed by atoms with Gasteiger partial charge in [-0.2, -0.15) is 11.8 Å². The SMILES string of the molecule is CN=C(NCC(=O)NC(C)(C)C)NCC1(N2CCOCC2)CCSC1.I. The van der Waals surface area contributed by atoms with E-state index in [2.05, 4.69) is 25.8 Å². The average Bonchev–Trinajstić information content (AvgIpc) is 3.04. The smallest absolute Gasteiger partial charge is 0.239 e. The van der Waals surface area contributed by atoms with Gasteiger partial charge in [-0.25, -0.2) is 0 Å². The molecule has 0 aromatic carbocycles. The van der Waals surface area contributed by atoms with E-state index in [1.54, 1.807) is 7.05 Å². The number of aliphatic imine (C=N–C) groups is 1. The van der Waals surface area contributed by atoms with Crippen LogP contribution in [0.2, 0.25) is 0 Å². The van der Waals surface area contributed by atoms with Crippen LogP contribution in [-0.4, -0.2) is 85.8 Å². The molecule has 2 aliphatic rings. The fourth-order valence-corrected chi connectivity index (χ4v) is 4.71. The topological polar surface area (TPSA) is 78.0 Å². The Kier molecular flexibility index (Phi) is 9.98. The molecule has 0 spiro atoms. The number of hydrogen-bond donors (Lipinski definition) is 3. The summed E-state index contributed by atoms with van der Waals surface area (Å²) in [4.78, 5) is 18.8. The first-order valence-corrected chi connectivity index (χ1v) is 10.2. The van der Waals surface area contributed by atoms with Gasteiger partial charge in [-0.3, -0.25) is 14.7 Å². The van der Waals surface area contributed by atoms with E-state index in [1.807, 2.05) is 32.5 Å². The zero-order valence-electron chi connectivity index (χ0n) is 16.4. The lowest BCUT2D eigenvalue weighted by Crippen LogP contribution is -2.60. The minimum atomic E-state index is -0.225. The third-order valence-corrected chi connectivity index (χ3v) is 5.74. The van der Waals surface area contributed by atoms with Gasteiger partial charge in [0.05, 0.1) is 19.8 Å². The van der Waals surface area contributed by atoms with Crippen molar-refractivity contribution in [1.82, 2.24) is 20.9 Å². The summed E-state index contributed by atoms with van der Waals surface area (Å²) in [6, 6.07) is 0. The number of amides is 1. The lowest BCUT2D eigenvalue weighted by Gasteiger charge is -2.43. The Bertz CT molecular complexity index is 472. The van der Waals surface area contributed by atoms with Gasteiger partial charge >= 0.3 is 0 Å². The van der Waals surface area contributed by atoms with Crippen LogP contribution in [0.5, 0.6) is 0 Å². The van der Waals surface area contributed by atoms with Gasteiger partial charge in [0.15, 0.2) is 5.96 Å². The Hall–Kier alpha value is -0.260. The van der Waals surface area contributed by atoms with Crippen molar-refractivity contribution in [3.05, 3.63) is 0 Å². The predicted octanol–water partition coefficient (Wildman–Crippen LogP) is 0.892. The van der Waals surface area contributed by atoms with Gasteiger partial charge < -0.3 is 20.7 Å². The number of carbonyl (C=O) groups is 1. The summed E-state index contributed by atoms with van der Waals surface area (Å²) < 4.78 is 5.51. The molecule has 2 fully saturated rings. The summed E-state index contributed by atoms with van der Waals surface area (Å²) >= 11 is 2.01. The van der Waals surface area contributed by atoms with E-state index in [-0.39, 0.29) is 47.5 Å². The third kappa shape index (κ3) is 7.40. The van der Waals surface area contributed by atoms with Crippen molar-refractivity contribution in [1.29, 1.82) is 0 Å². The fourth-order valence-electron chi connectivity index (χ4n) is 3.23. The maximum absolute atomic E-state index is 12.0. The second kappa shape index (κ2) is 10.9. The number of thioether (sulfide) groups is 1. The second-order valence-electron chi connectivity index (χ2n) is 7.70. The summed E-state index contributed by atoms with van der Waals surface area (Å²) in [5.41, 5.74) is -0.0725. The van der Waals surface area contributed by atoms with E-state index in [0.717, 1.165) is 38.6 Å². The van der Waals surface area contributed by atoms with Gasteiger partial charge in [-0.1, -0.05) is 0 Å². The first-order chi connectivity index (χ1) is 11.8. The Balaban J connectivity index is 0.00000338. The molecule has 1 unspecified atom stereocenters. The zero-order valence-corrected chi connectivity index (χ0v) is 19.5. The van der Waals surface area contributed by atoms with Crippen LogP contribution in [0.1, 0.15) is 27.2 Å². The molecule has 2 saturated heterocycles. The lowest BCUT2D eigenvalue weighted by molar-refractivity contribution is -0.121. The molecule has 1 amide bonds. The maximum atomic E-state index is 12.0. The van der Waals surface area contributed by atoms with Gasteiger partial charge in [-0.15, -0.1) is 24.0 Å². The maximum Gasteiger partial charge on any atom is 0.239 e. The molecule has 7 nitrogen and oxygen atoms in total. The van der Waals surface area contributed by atoms with Crippen LogP contribution in [0.3, 0.4) is 0 Å². The fraction of sp³-hybridized carbons (Fsp3) is 0.882. The summed E-state index contributed by atoms with van der Waals surface area (Å²) in [7, 11) is 1.74. The number of hydrogen-bond acceptors (Lipinski definition) is 5. The van der Waals surface area contributed by atoms with Gasteiger partial charge in [0.2, 0.25) is 5.91 Å². The van der Waals surface area contributed by atoms with Crippen molar-refractivity contribution in [3.63, 3.8) is 0 Å². The Labute approximate surface area is 178 Å². The molecule has 0 aromatic heterocycles. The number of nitrogens with zero attached hydrogens (tertiary/aromatic N) is 2. The van der Waals surface area contributed by atoms with E-state index in [1.165, 1.54) is 12.2 Å². The lowest BCUT2D eigenvalue weighted by atomic mass is 9.95. The molecule has 0 aromatic rings. The van der Waals surface area contributed by atoms with Crippen molar-refractivity contribution in [3.8, 4) is 0 Å². The standard InChI is InChI=1S/C17H33N5O2S.HI/c1-16(2,3)21-14(23)11-19-15(18-4)20-12-17(5-10-25-13-17)22-6-8-24-9-7-22;/h5-13H2,1-4H3,(H,21,23)(H2,18,19,20);1H. The van der Waals surface area contributed by atoms with Crippen molar-refractivity contribution in [2.24, 2.45) is 4.99 Å². The van der Waals surface area contributed by atoms with Gasteiger partial charge in [-0.05, 0) is 32.9 Å². The summed E-state index contributed by atoms with van der Waals surface area (Å²) in [5, 5.41) is 9.49. The highest BCUT2D eigenvalue weighted by molar-refractivity contribution is 14.0. The highest BCUT2D eigenvalue weighted by Gasteiger charge is 2.40. The van der Waals surface area contributed by atoms with Gasteiger partial charge in [0.25, 0.3) is 0 Å². The van der Waals surface area contributed by atoms with Crippen LogP contribution in [0, 0.1) is 0 Å². The van der Waals surface area contributed by atoms with Crippen LogP contribution in [0.25, 0.3) is 0 Å². The average molecular weight is 499 g/mol. The predicted molar refractivity (Wildman–Crippen MR) is 120 cm³/mol. The van der Waals surface area contributed by atoms with E-state index < -0.39 is 0 Å². The van der Waals surface area contributed by atoms with Crippen molar-refractivity contribution >= 4 is 47.6 Å². The van der Waals surface area contributed by atoms with Crippen molar-refractivity contribution < 1.29 is 9.53 Å². The quantitative estimate of drug-likeness (QED) is 0.297. The minimum absolute atomic E-state index is 0. The normalized spacial score (nSPS) is 24.7. The Morgan fingerprint density at radius 2 is 1.96 bits per heavy atom. The first-order valence-electron chi connectivity index (χ1n) is 9.01. The number of halogens is 1. The molecule has 0 aliphatic carbocycles. The number of rotatable bonds is 5. The van der Waals surface area contributed by atoms with Crippen LogP contribution in [-0.2, 0) is 9.53 Å². The summed E-state index contributed by atoms with van der Waals surface area (Å²) in [5.74, 6) is 2.96. The molecule has 1 atom stereocenters. The zero-order chi connectivity index (χ0) is 18.3. The monoisotopic (exact) mass is 499 g/mol. The molecule has 152 valence electrons. The first kappa shape index (κ1) is 23.8. The van der Waals surface area contributed by atoms with Crippen LogP contribution >= 0.6 is 35.7 Å². The molecular formula is C17H34IN5O2S. The molecule has 2 aliphatic heterocycles. The van der Waals surface area contributed by atoms with Crippen LogP contribution in [0.15, 0.2) is 4.99 Å². The van der Waals surface area contributed by atoms with Crippen LogP contribution < -0.4 is 16.0 Å². The number of nitrogens with one attached hydrogen (secondary N) is 3. The van der Waals surface area contributed by atoms with Crippen molar-refractivity contribution in [2.75, 3.05) is 57.9 Å². The highest BCUT2D eigenvalue weighted by Crippen LogP contribution is 2.33. The Morgan fingerprint density at radius 3 is 2.50 bits per heavy atom. The molecule has 26 heavy (non-hydrogen) atoms.